The van der Waals surface area contributed by atoms with Crippen LogP contribution < -0.4 is 10.1 Å². The van der Waals surface area contributed by atoms with Gasteiger partial charge in [0.2, 0.25) is 5.88 Å². The largest absolute Gasteiger partial charge is 0.481 e. The molecule has 1 aromatic carbocycles. The minimum absolute atomic E-state index is 0.277. The van der Waals surface area contributed by atoms with E-state index in [2.05, 4.69) is 26.3 Å². The first kappa shape index (κ1) is 13.9. The molecule has 0 aliphatic heterocycles. The van der Waals surface area contributed by atoms with E-state index in [1.807, 2.05) is 14.0 Å². The molecule has 2 aromatic rings. The second-order valence-electron chi connectivity index (χ2n) is 4.18. The second kappa shape index (κ2) is 5.61. The Hall–Kier alpha value is -1.56. The number of benzene rings is 1. The number of nitrogens with zero attached hydrogens (tertiary/aromatic N) is 2. The van der Waals surface area contributed by atoms with Crippen molar-refractivity contribution in [2.45, 2.75) is 13.5 Å². The van der Waals surface area contributed by atoms with E-state index in [0.717, 1.165) is 22.8 Å². The molecule has 0 unspecified atom stereocenters. The average Bonchev–Trinajstić information content (AvgIpc) is 2.64. The van der Waals surface area contributed by atoms with Crippen molar-refractivity contribution in [3.63, 3.8) is 0 Å². The first-order chi connectivity index (χ1) is 9.02. The Labute approximate surface area is 119 Å². The molecule has 0 aliphatic carbocycles. The number of halogens is 2. The third kappa shape index (κ3) is 2.89. The van der Waals surface area contributed by atoms with Gasteiger partial charge in [-0.15, -0.1) is 0 Å². The summed E-state index contributed by atoms with van der Waals surface area (Å²) in [6.07, 6.45) is 0. The predicted octanol–water partition coefficient (Wildman–Crippen LogP) is 3.25. The fraction of sp³-hybridized carbons (Fsp3) is 0.308. The summed E-state index contributed by atoms with van der Waals surface area (Å²) >= 11 is 3.16. The van der Waals surface area contributed by atoms with Crippen LogP contribution in [0.3, 0.4) is 0 Å². The lowest BCUT2D eigenvalue weighted by molar-refractivity contribution is 0.370. The maximum Gasteiger partial charge on any atom is 0.216 e. The summed E-state index contributed by atoms with van der Waals surface area (Å²) in [7, 11) is 3.46. The van der Waals surface area contributed by atoms with Gasteiger partial charge >= 0.3 is 0 Å². The first-order valence-corrected chi connectivity index (χ1v) is 6.57. The van der Waals surface area contributed by atoms with Crippen LogP contribution in [0.2, 0.25) is 0 Å². The van der Waals surface area contributed by atoms with Gasteiger partial charge in [0.05, 0.1) is 22.8 Å². The molecule has 0 saturated carbocycles. The van der Waals surface area contributed by atoms with Crippen LogP contribution in [-0.2, 0) is 13.6 Å². The Morgan fingerprint density at radius 1 is 1.47 bits per heavy atom. The molecule has 0 fully saturated rings. The van der Waals surface area contributed by atoms with Crippen LogP contribution in [0, 0.1) is 12.7 Å². The molecular weight excluding hydrogens is 313 g/mol. The van der Waals surface area contributed by atoms with E-state index in [-0.39, 0.29) is 5.82 Å². The van der Waals surface area contributed by atoms with E-state index < -0.39 is 0 Å². The molecule has 0 aliphatic rings. The van der Waals surface area contributed by atoms with E-state index in [4.69, 9.17) is 4.74 Å². The molecule has 0 spiro atoms. The smallest absolute Gasteiger partial charge is 0.216 e. The second-order valence-corrected chi connectivity index (χ2v) is 5.03. The van der Waals surface area contributed by atoms with Crippen molar-refractivity contribution in [3.05, 3.63) is 39.7 Å². The fourth-order valence-electron chi connectivity index (χ4n) is 1.94. The summed E-state index contributed by atoms with van der Waals surface area (Å²) in [5.41, 5.74) is 2.73. The minimum atomic E-state index is -0.277. The number of anilines is 1. The third-order valence-electron chi connectivity index (χ3n) is 2.87. The van der Waals surface area contributed by atoms with Crippen LogP contribution in [0.25, 0.3) is 0 Å². The van der Waals surface area contributed by atoms with Crippen LogP contribution >= 0.6 is 15.9 Å². The lowest BCUT2D eigenvalue weighted by Crippen LogP contribution is -2.03. The molecule has 0 atom stereocenters. The molecule has 0 radical (unpaired) electrons. The Kier molecular flexibility index (Phi) is 4.09. The molecule has 1 N–H and O–H groups in total. The molecule has 2 rings (SSSR count). The van der Waals surface area contributed by atoms with Crippen molar-refractivity contribution < 1.29 is 9.13 Å². The van der Waals surface area contributed by atoms with Gasteiger partial charge in [0.15, 0.2) is 0 Å². The summed E-state index contributed by atoms with van der Waals surface area (Å²) in [5, 5.41) is 7.54. The van der Waals surface area contributed by atoms with Gasteiger partial charge in [0, 0.05) is 19.3 Å². The molecule has 0 amide bonds. The molecule has 102 valence electrons. The van der Waals surface area contributed by atoms with Gasteiger partial charge in [-0.2, -0.15) is 5.10 Å². The Morgan fingerprint density at radius 2 is 2.21 bits per heavy atom. The summed E-state index contributed by atoms with van der Waals surface area (Å²) in [4.78, 5) is 0. The lowest BCUT2D eigenvalue weighted by Gasteiger charge is -2.08. The monoisotopic (exact) mass is 327 g/mol. The van der Waals surface area contributed by atoms with E-state index >= 15 is 0 Å². The van der Waals surface area contributed by atoms with Crippen LogP contribution in [0.1, 0.15) is 11.3 Å². The van der Waals surface area contributed by atoms with E-state index in [9.17, 15) is 4.39 Å². The number of hydrogen-bond acceptors (Lipinski definition) is 3. The Bertz CT molecular complexity index is 598. The van der Waals surface area contributed by atoms with Crippen LogP contribution in [0.4, 0.5) is 10.1 Å². The number of methoxy groups -OCH3 is 1. The average molecular weight is 328 g/mol. The molecule has 1 aromatic heterocycles. The zero-order chi connectivity index (χ0) is 14.0. The highest BCUT2D eigenvalue weighted by Crippen LogP contribution is 2.24. The quantitative estimate of drug-likeness (QED) is 0.936. The van der Waals surface area contributed by atoms with E-state index in [0.29, 0.717) is 11.0 Å². The summed E-state index contributed by atoms with van der Waals surface area (Å²) in [6.45, 7) is 2.50. The Morgan fingerprint density at radius 3 is 2.84 bits per heavy atom. The summed E-state index contributed by atoms with van der Waals surface area (Å²) < 4.78 is 20.6. The highest BCUT2D eigenvalue weighted by atomic mass is 79.9. The maximum atomic E-state index is 13.1. The molecule has 4 nitrogen and oxygen atoms in total. The third-order valence-corrected chi connectivity index (χ3v) is 3.48. The zero-order valence-electron chi connectivity index (χ0n) is 11.0. The van der Waals surface area contributed by atoms with Gasteiger partial charge in [-0.25, -0.2) is 9.07 Å². The highest BCUT2D eigenvalue weighted by molar-refractivity contribution is 9.10. The standard InChI is InChI=1S/C13H15BrFN3O/c1-8-10(13(19-3)18(2)17-8)7-16-9-4-5-12(15)11(14)6-9/h4-6,16H,7H2,1-3H3. The van der Waals surface area contributed by atoms with Gasteiger partial charge in [-0.05, 0) is 41.1 Å². The van der Waals surface area contributed by atoms with Crippen molar-refractivity contribution in [2.75, 3.05) is 12.4 Å². The molecule has 0 saturated heterocycles. The highest BCUT2D eigenvalue weighted by Gasteiger charge is 2.13. The van der Waals surface area contributed by atoms with Gasteiger partial charge in [-0.1, -0.05) is 0 Å². The SMILES string of the molecule is COc1c(CNc2ccc(F)c(Br)c2)c(C)nn1C. The van der Waals surface area contributed by atoms with Crippen LogP contribution in [0.15, 0.2) is 22.7 Å². The maximum absolute atomic E-state index is 13.1. The number of rotatable bonds is 4. The van der Waals surface area contributed by atoms with Crippen molar-refractivity contribution in [2.24, 2.45) is 7.05 Å². The van der Waals surface area contributed by atoms with Gasteiger partial charge in [0.25, 0.3) is 0 Å². The van der Waals surface area contributed by atoms with Crippen molar-refractivity contribution in [1.29, 1.82) is 0 Å². The van der Waals surface area contributed by atoms with Crippen molar-refractivity contribution in [1.82, 2.24) is 9.78 Å². The van der Waals surface area contributed by atoms with E-state index in [1.165, 1.54) is 6.07 Å². The lowest BCUT2D eigenvalue weighted by atomic mass is 10.2. The molecular formula is C13H15BrFN3O. The Balaban J connectivity index is 2.16. The fourth-order valence-corrected chi connectivity index (χ4v) is 2.32. The molecule has 19 heavy (non-hydrogen) atoms. The molecule has 6 heteroatoms. The van der Waals surface area contributed by atoms with Gasteiger partial charge < -0.3 is 10.1 Å². The van der Waals surface area contributed by atoms with Gasteiger partial charge in [0.1, 0.15) is 5.82 Å². The summed E-state index contributed by atoms with van der Waals surface area (Å²) in [6, 6.07) is 4.81. The molecule has 0 bridgehead atoms. The van der Waals surface area contributed by atoms with Gasteiger partial charge in [-0.3, -0.25) is 0 Å². The normalized spacial score (nSPS) is 10.6. The predicted molar refractivity (Wildman–Crippen MR) is 75.9 cm³/mol. The number of hydrogen-bond donors (Lipinski definition) is 1. The topological polar surface area (TPSA) is 39.1 Å². The first-order valence-electron chi connectivity index (χ1n) is 5.78. The van der Waals surface area contributed by atoms with Crippen molar-refractivity contribution >= 4 is 21.6 Å². The number of aromatic nitrogens is 2. The summed E-state index contributed by atoms with van der Waals surface area (Å²) in [5.74, 6) is 0.451. The van der Waals surface area contributed by atoms with Crippen LogP contribution in [0.5, 0.6) is 5.88 Å². The molecule has 1 heterocycles. The minimum Gasteiger partial charge on any atom is -0.481 e. The number of ether oxygens (including phenoxy) is 1. The zero-order valence-corrected chi connectivity index (χ0v) is 12.6. The number of nitrogens with one attached hydrogen (secondary N) is 1. The van der Waals surface area contributed by atoms with E-state index in [1.54, 1.807) is 23.9 Å². The van der Waals surface area contributed by atoms with Crippen LogP contribution in [-0.4, -0.2) is 16.9 Å². The number of aryl methyl sites for hydroxylation is 2. The van der Waals surface area contributed by atoms with Crippen molar-refractivity contribution in [3.8, 4) is 5.88 Å².